The van der Waals surface area contributed by atoms with Crippen molar-refractivity contribution >= 4 is 25.5 Å². The molecule has 0 N–H and O–H groups in total. The summed E-state index contributed by atoms with van der Waals surface area (Å²) < 4.78 is 27.3. The number of hydrogen-bond donors (Lipinski definition) is 0. The molecule has 2 aromatic rings. The van der Waals surface area contributed by atoms with Gasteiger partial charge in [-0.3, -0.25) is 0 Å². The van der Waals surface area contributed by atoms with E-state index < -0.39 is 0 Å². The quantitative estimate of drug-likeness (QED) is 0.0409. The molecule has 0 saturated carbocycles. The first kappa shape index (κ1) is 52.4. The van der Waals surface area contributed by atoms with Crippen LogP contribution in [0.2, 0.25) is 13.1 Å². The van der Waals surface area contributed by atoms with Crippen LogP contribution in [0.3, 0.4) is 0 Å². The number of nitrogens with zero attached hydrogens (tertiary/aromatic N) is 1. The van der Waals surface area contributed by atoms with E-state index in [-0.39, 0.29) is 26.2 Å². The highest BCUT2D eigenvalue weighted by molar-refractivity contribution is 6.54. The van der Waals surface area contributed by atoms with Crippen LogP contribution in [0.15, 0.2) is 36.4 Å². The first-order chi connectivity index (χ1) is 26.2. The number of unbranched alkanes of at least 4 members (excludes halogenated alkanes) is 19. The van der Waals surface area contributed by atoms with Gasteiger partial charge in [-0.1, -0.05) is 198 Å². The molecule has 2 rings (SSSR count). The number of benzene rings is 2. The van der Waals surface area contributed by atoms with Crippen LogP contribution in [0.25, 0.3) is 0 Å². The third-order valence-corrected chi connectivity index (χ3v) is 12.3. The number of halogens is 2. The Morgan fingerprint density at radius 2 is 0.741 bits per heavy atom. The fourth-order valence-corrected chi connectivity index (χ4v) is 8.22. The molecule has 0 fully saturated rings. The molecule has 1 nitrogen and oxygen atoms in total. The Hall–Kier alpha value is -1.61. The van der Waals surface area contributed by atoms with Gasteiger partial charge in [-0.15, -0.1) is 0 Å². The summed E-state index contributed by atoms with van der Waals surface area (Å²) in [6, 6.07) is 10.3. The molecular weight excluding hydrogens is 662 g/mol. The van der Waals surface area contributed by atoms with Crippen LogP contribution in [0, 0.1) is 25.5 Å². The Morgan fingerprint density at radius 3 is 1.07 bits per heavy atom. The summed E-state index contributed by atoms with van der Waals surface area (Å²) in [5.74, 6) is -0.169. The Labute approximate surface area is 338 Å². The van der Waals surface area contributed by atoms with Gasteiger partial charge in [0.05, 0.1) is 26.2 Å². The minimum atomic E-state index is -0.137. The first-order valence-electron chi connectivity index (χ1n) is 24.4. The van der Waals surface area contributed by atoms with E-state index in [4.69, 9.17) is 0 Å². The van der Waals surface area contributed by atoms with Crippen LogP contribution in [0.4, 0.5) is 8.78 Å². The smallest absolute Gasteiger partial charge is 0.120 e. The monoisotopic (exact) mass is 755 g/mol. The van der Waals surface area contributed by atoms with Crippen molar-refractivity contribution in [1.82, 2.24) is 0 Å². The van der Waals surface area contributed by atoms with Gasteiger partial charge in [0, 0.05) is 0 Å². The van der Waals surface area contributed by atoms with Crippen molar-refractivity contribution in [3.63, 3.8) is 0 Å². The van der Waals surface area contributed by atoms with Crippen molar-refractivity contribution in [3.8, 4) is 0 Å². The molecule has 0 aliphatic rings. The molecule has 5 heteroatoms. The fraction of sp³-hybridized carbons (Fsp3) is 0.755. The van der Waals surface area contributed by atoms with Gasteiger partial charge < -0.3 is 4.48 Å². The van der Waals surface area contributed by atoms with Gasteiger partial charge in [0.15, 0.2) is 0 Å². The lowest BCUT2D eigenvalue weighted by Crippen LogP contribution is -2.50. The summed E-state index contributed by atoms with van der Waals surface area (Å²) in [6.45, 7) is 23.6. The van der Waals surface area contributed by atoms with Crippen molar-refractivity contribution in [1.29, 1.82) is 0 Å². The van der Waals surface area contributed by atoms with Crippen molar-refractivity contribution < 1.29 is 13.3 Å². The Bertz CT molecular complexity index is 1070. The Balaban J connectivity index is 0.000000880. The Kier molecular flexibility index (Phi) is 35.9. The van der Waals surface area contributed by atoms with Crippen molar-refractivity contribution in [2.75, 3.05) is 26.2 Å². The lowest BCUT2D eigenvalue weighted by Gasteiger charge is -2.39. The molecule has 2 aromatic carbocycles. The Morgan fingerprint density at radius 1 is 0.426 bits per heavy atom. The maximum Gasteiger partial charge on any atom is 0.120 e. The van der Waals surface area contributed by atoms with E-state index in [1.807, 2.05) is 19.1 Å². The van der Waals surface area contributed by atoms with Gasteiger partial charge in [-0.2, -0.15) is 13.1 Å². The average molecular weight is 755 g/mol. The maximum absolute atomic E-state index is 13.3. The zero-order chi connectivity index (χ0) is 40.1. The summed E-state index contributed by atoms with van der Waals surface area (Å²) in [6.07, 6.45) is 35.2. The third kappa shape index (κ3) is 28.7. The molecule has 0 atom stereocenters. The lowest BCUT2D eigenvalue weighted by atomic mass is 9.64. The predicted molar refractivity (Wildman–Crippen MR) is 248 cm³/mol. The van der Waals surface area contributed by atoms with Gasteiger partial charge in [0.1, 0.15) is 11.6 Å². The van der Waals surface area contributed by atoms with E-state index in [1.165, 1.54) is 219 Å². The maximum atomic E-state index is 13.3. The normalized spacial score (nSPS) is 11.2. The highest BCUT2D eigenvalue weighted by atomic mass is 19.1. The summed E-state index contributed by atoms with van der Waals surface area (Å²) in [5, 5.41) is 0. The van der Waals surface area contributed by atoms with E-state index in [1.54, 1.807) is 18.2 Å². The molecule has 314 valence electrons. The lowest BCUT2D eigenvalue weighted by molar-refractivity contribution is -0.929. The van der Waals surface area contributed by atoms with Gasteiger partial charge in [-0.05, 0) is 66.2 Å². The topological polar surface area (TPSA) is 0 Å². The van der Waals surface area contributed by atoms with E-state index >= 15 is 0 Å². The van der Waals surface area contributed by atoms with Crippen LogP contribution in [-0.2, 0) is 0 Å². The zero-order valence-corrected chi connectivity index (χ0v) is 38.2. The van der Waals surface area contributed by atoms with E-state index in [0.717, 1.165) is 0 Å². The van der Waals surface area contributed by atoms with Crippen molar-refractivity contribution in [3.05, 3.63) is 59.2 Å². The minimum absolute atomic E-state index is 0.0636. The second-order valence-corrected chi connectivity index (χ2v) is 17.3. The van der Waals surface area contributed by atoms with Gasteiger partial charge >= 0.3 is 0 Å². The number of hydrogen-bond acceptors (Lipinski definition) is 0. The summed E-state index contributed by atoms with van der Waals surface area (Å²) in [7, 11) is -0.225. The molecule has 0 unspecified atom stereocenters. The van der Waals surface area contributed by atoms with Gasteiger partial charge in [0.2, 0.25) is 0 Å². The highest BCUT2D eigenvalue weighted by Gasteiger charge is 2.24. The summed E-state index contributed by atoms with van der Waals surface area (Å²) in [5.41, 5.74) is 5.05. The average Bonchev–Trinajstić information content (AvgIpc) is 3.18. The molecular formula is C49H92B2F2N-. The number of rotatable bonds is 31. The molecule has 0 heterocycles. The SMILES string of the molecule is CCCCCCCCCCCCCCCCCC[BH2-]c1cc(F)ccc1C.CCCC[N+](CCCC)(CCCC)CCCC.C[BH2-]c1cc(F)ccc1C. The molecule has 0 aromatic heterocycles. The largest absolute Gasteiger partial charge is 0.324 e. The van der Waals surface area contributed by atoms with Crippen molar-refractivity contribution in [2.45, 2.75) is 216 Å². The van der Waals surface area contributed by atoms with E-state index in [0.29, 0.717) is 0 Å². The molecule has 0 saturated heterocycles. The number of quaternary nitrogens is 1. The summed E-state index contributed by atoms with van der Waals surface area (Å²) in [4.78, 5) is 0. The van der Waals surface area contributed by atoms with Crippen LogP contribution in [-0.4, -0.2) is 45.2 Å². The van der Waals surface area contributed by atoms with Gasteiger partial charge in [0.25, 0.3) is 0 Å². The molecule has 0 spiro atoms. The van der Waals surface area contributed by atoms with Crippen LogP contribution in [0.1, 0.15) is 200 Å². The fourth-order valence-electron chi connectivity index (χ4n) is 8.22. The zero-order valence-electron chi connectivity index (χ0n) is 38.2. The second-order valence-electron chi connectivity index (χ2n) is 17.3. The standard InChI is InChI=1S/C25H45BF.C16H36N.C8H11BF/c1-3-4-5-6-7-8-9-10-11-12-13-14-15-16-17-18-21-26-25-22-24(27)20-19-23(25)2;1-5-9-13-17(14-10-6-2,15-11-7-3)16-12-8-4;1-6-3-4-7(10)5-8(6)9-2/h19-20,22H,3-18,21,26H2,1-2H3;5-16H2,1-4H3;3-5H,9H2,1-2H3/q-1;+1;-1. The molecule has 0 aliphatic carbocycles. The third-order valence-electron chi connectivity index (χ3n) is 12.3. The predicted octanol–water partition coefficient (Wildman–Crippen LogP) is 13.6. The molecule has 0 aliphatic heterocycles. The molecule has 0 amide bonds. The second kappa shape index (κ2) is 37.0. The van der Waals surface area contributed by atoms with E-state index in [2.05, 4.69) is 48.4 Å². The van der Waals surface area contributed by atoms with Crippen LogP contribution < -0.4 is 10.9 Å². The molecule has 0 radical (unpaired) electrons. The number of aryl methyl sites for hydroxylation is 2. The van der Waals surface area contributed by atoms with Crippen LogP contribution in [0.5, 0.6) is 0 Å². The first-order valence-corrected chi connectivity index (χ1v) is 24.4. The highest BCUT2D eigenvalue weighted by Crippen LogP contribution is 2.17. The van der Waals surface area contributed by atoms with E-state index in [9.17, 15) is 8.78 Å². The minimum Gasteiger partial charge on any atom is -0.324 e. The summed E-state index contributed by atoms with van der Waals surface area (Å²) >= 11 is 0. The van der Waals surface area contributed by atoms with Crippen LogP contribution >= 0.6 is 0 Å². The molecule has 0 bridgehead atoms. The van der Waals surface area contributed by atoms with Crippen molar-refractivity contribution in [2.24, 2.45) is 0 Å². The van der Waals surface area contributed by atoms with Gasteiger partial charge in [-0.25, -0.2) is 19.7 Å². The molecule has 54 heavy (non-hydrogen) atoms.